The summed E-state index contributed by atoms with van der Waals surface area (Å²) in [6, 6.07) is 12.6. The van der Waals surface area contributed by atoms with E-state index in [2.05, 4.69) is 17.6 Å². The fourth-order valence-electron chi connectivity index (χ4n) is 3.55. The van der Waals surface area contributed by atoms with E-state index in [0.717, 1.165) is 45.9 Å². The molecule has 3 aromatic rings. The first-order chi connectivity index (χ1) is 15.5. The summed E-state index contributed by atoms with van der Waals surface area (Å²) in [5.41, 5.74) is 10.9. The summed E-state index contributed by atoms with van der Waals surface area (Å²) in [7, 11) is 0. The van der Waals surface area contributed by atoms with Gasteiger partial charge >= 0.3 is 6.03 Å². The molecule has 1 aliphatic rings. The monoisotopic (exact) mass is 468 g/mol. The maximum atomic E-state index is 12.3. The predicted octanol–water partition coefficient (Wildman–Crippen LogP) is 6.01. The molecule has 166 valence electrons. The molecular weight excluding hydrogens is 444 g/mol. The van der Waals surface area contributed by atoms with Gasteiger partial charge in [0.15, 0.2) is 0 Å². The van der Waals surface area contributed by atoms with Crippen LogP contribution < -0.4 is 21.1 Å². The molecule has 0 saturated carbocycles. The average molecular weight is 469 g/mol. The zero-order valence-electron chi connectivity index (χ0n) is 17.9. The fourth-order valence-corrected chi connectivity index (χ4v) is 4.76. The molecule has 0 aliphatic carbocycles. The van der Waals surface area contributed by atoms with Crippen LogP contribution in [-0.2, 0) is 0 Å². The van der Waals surface area contributed by atoms with Crippen LogP contribution in [0.25, 0.3) is 16.8 Å². The lowest BCUT2D eigenvalue weighted by Gasteiger charge is -2.28. The number of nitrogens with two attached hydrogens (primary N) is 1. The molecule has 0 radical (unpaired) electrons. The van der Waals surface area contributed by atoms with Gasteiger partial charge in [-0.1, -0.05) is 43.1 Å². The number of aromatic nitrogens is 1. The Labute approximate surface area is 196 Å². The SMILES string of the molecule is CCCCOc1ccc(C2NC(=O)NC(C)=C2c2nc(-c3ccc(N)cc3)cs2)cc1Cl. The first kappa shape index (κ1) is 22.2. The molecule has 0 spiro atoms. The number of rotatable bonds is 7. The van der Waals surface area contributed by atoms with Crippen molar-refractivity contribution < 1.29 is 9.53 Å². The van der Waals surface area contributed by atoms with Crippen LogP contribution in [0.1, 0.15) is 43.3 Å². The molecule has 0 bridgehead atoms. The second-order valence-electron chi connectivity index (χ2n) is 7.62. The zero-order chi connectivity index (χ0) is 22.7. The van der Waals surface area contributed by atoms with Gasteiger partial charge in [0.2, 0.25) is 0 Å². The number of allylic oxidation sites excluding steroid dienone is 1. The quantitative estimate of drug-likeness (QED) is 0.292. The fraction of sp³-hybridized carbons (Fsp3) is 0.250. The van der Waals surface area contributed by atoms with E-state index in [1.54, 1.807) is 0 Å². The Morgan fingerprint density at radius 1 is 1.22 bits per heavy atom. The number of halogens is 1. The molecule has 32 heavy (non-hydrogen) atoms. The highest BCUT2D eigenvalue weighted by atomic mass is 35.5. The number of nitrogens with zero attached hydrogens (tertiary/aromatic N) is 1. The third-order valence-corrected chi connectivity index (χ3v) is 6.43. The van der Waals surface area contributed by atoms with E-state index in [0.29, 0.717) is 23.1 Å². The molecule has 2 amide bonds. The molecule has 1 atom stereocenters. The summed E-state index contributed by atoms with van der Waals surface area (Å²) in [5.74, 6) is 0.645. The number of amides is 2. The van der Waals surface area contributed by atoms with Gasteiger partial charge in [-0.2, -0.15) is 0 Å². The Morgan fingerprint density at radius 3 is 2.72 bits per heavy atom. The van der Waals surface area contributed by atoms with Crippen LogP contribution in [0.2, 0.25) is 5.02 Å². The second kappa shape index (κ2) is 9.63. The third-order valence-electron chi connectivity index (χ3n) is 5.25. The molecule has 0 fully saturated rings. The number of anilines is 1. The van der Waals surface area contributed by atoms with Gasteiger partial charge in [-0.3, -0.25) is 0 Å². The highest BCUT2D eigenvalue weighted by molar-refractivity contribution is 7.11. The summed E-state index contributed by atoms with van der Waals surface area (Å²) >= 11 is 8.03. The first-order valence-electron chi connectivity index (χ1n) is 10.5. The number of urea groups is 1. The van der Waals surface area contributed by atoms with Gasteiger partial charge in [0.25, 0.3) is 0 Å². The van der Waals surface area contributed by atoms with E-state index >= 15 is 0 Å². The number of thiazole rings is 1. The highest BCUT2D eigenvalue weighted by Crippen LogP contribution is 2.39. The van der Waals surface area contributed by atoms with Crippen LogP contribution in [0.3, 0.4) is 0 Å². The maximum absolute atomic E-state index is 12.3. The molecule has 0 saturated heterocycles. The first-order valence-corrected chi connectivity index (χ1v) is 11.7. The van der Waals surface area contributed by atoms with Crippen LogP contribution in [0.4, 0.5) is 10.5 Å². The van der Waals surface area contributed by atoms with Crippen molar-refractivity contribution in [2.45, 2.75) is 32.7 Å². The van der Waals surface area contributed by atoms with E-state index in [1.165, 1.54) is 11.3 Å². The number of nitrogen functional groups attached to an aromatic ring is 1. The van der Waals surface area contributed by atoms with E-state index in [1.807, 2.05) is 54.8 Å². The second-order valence-corrected chi connectivity index (χ2v) is 8.89. The number of unbranched alkanes of at least 4 members (excludes halogenated alkanes) is 1. The van der Waals surface area contributed by atoms with Gasteiger partial charge in [0.05, 0.1) is 23.4 Å². The van der Waals surface area contributed by atoms with Gasteiger partial charge in [0, 0.05) is 27.9 Å². The minimum atomic E-state index is -0.378. The summed E-state index contributed by atoms with van der Waals surface area (Å²) in [4.78, 5) is 17.1. The van der Waals surface area contributed by atoms with E-state index in [-0.39, 0.29) is 12.1 Å². The smallest absolute Gasteiger partial charge is 0.319 e. The normalized spacial score (nSPS) is 16.0. The van der Waals surface area contributed by atoms with Gasteiger partial charge in [0.1, 0.15) is 10.8 Å². The Morgan fingerprint density at radius 2 is 2.00 bits per heavy atom. The predicted molar refractivity (Wildman–Crippen MR) is 131 cm³/mol. The van der Waals surface area contributed by atoms with Crippen molar-refractivity contribution in [3.05, 3.63) is 69.1 Å². The van der Waals surface area contributed by atoms with E-state index < -0.39 is 0 Å². The minimum absolute atomic E-state index is 0.258. The van der Waals surface area contributed by atoms with E-state index in [9.17, 15) is 4.79 Å². The van der Waals surface area contributed by atoms with Crippen molar-refractivity contribution in [2.75, 3.05) is 12.3 Å². The lowest BCUT2D eigenvalue weighted by Crippen LogP contribution is -2.42. The lowest BCUT2D eigenvalue weighted by atomic mass is 9.96. The molecule has 1 aliphatic heterocycles. The third kappa shape index (κ3) is 4.74. The summed E-state index contributed by atoms with van der Waals surface area (Å²) in [6.07, 6.45) is 2.02. The zero-order valence-corrected chi connectivity index (χ0v) is 19.5. The summed E-state index contributed by atoms with van der Waals surface area (Å²) in [6.45, 7) is 4.62. The van der Waals surface area contributed by atoms with Crippen molar-refractivity contribution in [1.29, 1.82) is 0 Å². The highest BCUT2D eigenvalue weighted by Gasteiger charge is 2.30. The molecule has 4 rings (SSSR count). The van der Waals surface area contributed by atoms with Gasteiger partial charge in [-0.05, 0) is 43.2 Å². The Bertz CT molecular complexity index is 1160. The standard InChI is InChI=1S/C24H25ClN4O2S/c1-3-4-11-31-20-10-7-16(12-18(20)25)22-21(14(2)27-24(30)29-22)23-28-19(13-32-23)15-5-8-17(26)9-6-15/h5-10,12-13,22H,3-4,11,26H2,1-2H3,(H2,27,29,30). The van der Waals surface area contributed by atoms with E-state index in [4.69, 9.17) is 27.1 Å². The van der Waals surface area contributed by atoms with Gasteiger partial charge in [-0.25, -0.2) is 9.78 Å². The maximum Gasteiger partial charge on any atom is 0.319 e. The molecule has 6 nitrogen and oxygen atoms in total. The van der Waals surface area contributed by atoms with Crippen LogP contribution >= 0.6 is 22.9 Å². The summed E-state index contributed by atoms with van der Waals surface area (Å²) in [5, 5.41) is 9.23. The molecule has 1 aromatic heterocycles. The number of benzene rings is 2. The minimum Gasteiger partial charge on any atom is -0.492 e. The Hall–Kier alpha value is -3.03. The van der Waals surface area contributed by atoms with Crippen LogP contribution in [0.5, 0.6) is 5.75 Å². The number of carbonyl (C=O) groups is 1. The van der Waals surface area contributed by atoms with Crippen molar-refractivity contribution in [3.8, 4) is 17.0 Å². The Balaban J connectivity index is 1.66. The largest absolute Gasteiger partial charge is 0.492 e. The molecule has 2 aromatic carbocycles. The van der Waals surface area contributed by atoms with Crippen LogP contribution in [0.15, 0.2) is 53.5 Å². The number of hydrogen-bond donors (Lipinski definition) is 3. The molecule has 2 heterocycles. The van der Waals surface area contributed by atoms with Gasteiger partial charge in [-0.15, -0.1) is 11.3 Å². The van der Waals surface area contributed by atoms with Crippen LogP contribution in [-0.4, -0.2) is 17.6 Å². The number of ether oxygens (including phenoxy) is 1. The van der Waals surface area contributed by atoms with Gasteiger partial charge < -0.3 is 21.1 Å². The Kier molecular flexibility index (Phi) is 6.67. The number of nitrogens with one attached hydrogen (secondary N) is 2. The average Bonchev–Trinajstić information content (AvgIpc) is 3.24. The number of carbonyl (C=O) groups excluding carboxylic acids is 1. The topological polar surface area (TPSA) is 89.3 Å². The van der Waals surface area contributed by atoms with Crippen LogP contribution in [0, 0.1) is 0 Å². The lowest BCUT2D eigenvalue weighted by molar-refractivity contribution is 0.240. The van der Waals surface area contributed by atoms with Crippen molar-refractivity contribution in [2.24, 2.45) is 0 Å². The molecular formula is C24H25ClN4O2S. The molecule has 4 N–H and O–H groups in total. The van der Waals surface area contributed by atoms with Crippen molar-refractivity contribution in [1.82, 2.24) is 15.6 Å². The molecule has 8 heteroatoms. The number of hydrogen-bond acceptors (Lipinski definition) is 5. The molecule has 1 unspecified atom stereocenters. The van der Waals surface area contributed by atoms with Crippen molar-refractivity contribution >= 4 is 40.2 Å². The van der Waals surface area contributed by atoms with Crippen molar-refractivity contribution in [3.63, 3.8) is 0 Å². The summed E-state index contributed by atoms with van der Waals surface area (Å²) < 4.78 is 5.77.